The molecule has 3 atom stereocenters. The van der Waals surface area contributed by atoms with E-state index in [4.69, 9.17) is 0 Å². The van der Waals surface area contributed by atoms with Crippen molar-refractivity contribution < 1.29 is 4.79 Å². The number of anilines is 1. The standard InChI is InChI=1S/C22H26N2OS/c1-4-24(5-2)22(25)15-10-11-19-18(13-15)16-7-6-8-17(16)21(23-19)20-12-9-14(3)26-20/h6-7,9-13,16-17,21,23H,4-5,8H2,1-3H3. The van der Waals surface area contributed by atoms with Crippen molar-refractivity contribution in [3.63, 3.8) is 0 Å². The van der Waals surface area contributed by atoms with E-state index in [1.54, 1.807) is 0 Å². The minimum atomic E-state index is 0.132. The number of hydrogen-bond acceptors (Lipinski definition) is 3. The second kappa shape index (κ2) is 6.92. The van der Waals surface area contributed by atoms with E-state index in [2.05, 4.69) is 48.7 Å². The molecule has 4 rings (SSSR count). The molecule has 1 aromatic heterocycles. The third-order valence-corrected chi connectivity index (χ3v) is 6.81. The van der Waals surface area contributed by atoms with E-state index in [0.717, 1.165) is 25.1 Å². The number of fused-ring (bicyclic) bond motifs is 3. The zero-order chi connectivity index (χ0) is 18.3. The van der Waals surface area contributed by atoms with E-state index in [0.29, 0.717) is 17.9 Å². The number of benzene rings is 1. The Balaban J connectivity index is 1.70. The highest BCUT2D eigenvalue weighted by Gasteiger charge is 2.38. The minimum Gasteiger partial charge on any atom is -0.377 e. The third kappa shape index (κ3) is 2.86. The summed E-state index contributed by atoms with van der Waals surface area (Å²) in [6, 6.07) is 11.0. The predicted molar refractivity (Wildman–Crippen MR) is 109 cm³/mol. The normalized spacial score (nSPS) is 23.3. The van der Waals surface area contributed by atoms with Crippen LogP contribution in [0.15, 0.2) is 42.5 Å². The van der Waals surface area contributed by atoms with E-state index in [9.17, 15) is 4.79 Å². The molecule has 1 aromatic carbocycles. The number of nitrogens with zero attached hydrogens (tertiary/aromatic N) is 1. The summed E-state index contributed by atoms with van der Waals surface area (Å²) >= 11 is 1.88. The summed E-state index contributed by atoms with van der Waals surface area (Å²) in [6.45, 7) is 7.72. The van der Waals surface area contributed by atoms with Gasteiger partial charge in [0, 0.05) is 40.0 Å². The number of nitrogens with one attached hydrogen (secondary N) is 1. The Morgan fingerprint density at radius 2 is 2.04 bits per heavy atom. The molecule has 4 heteroatoms. The molecule has 1 aliphatic heterocycles. The second-order valence-electron chi connectivity index (χ2n) is 7.20. The molecule has 136 valence electrons. The lowest BCUT2D eigenvalue weighted by Crippen LogP contribution is -2.32. The highest BCUT2D eigenvalue weighted by atomic mass is 32.1. The molecule has 3 unspecified atom stereocenters. The van der Waals surface area contributed by atoms with Crippen molar-refractivity contribution in [3.8, 4) is 0 Å². The average Bonchev–Trinajstić information content (AvgIpc) is 3.31. The van der Waals surface area contributed by atoms with E-state index in [1.807, 2.05) is 36.2 Å². The highest BCUT2D eigenvalue weighted by Crippen LogP contribution is 2.50. The molecule has 2 aliphatic rings. The second-order valence-corrected chi connectivity index (χ2v) is 8.52. The van der Waals surface area contributed by atoms with Crippen LogP contribution in [0.4, 0.5) is 5.69 Å². The van der Waals surface area contributed by atoms with E-state index < -0.39 is 0 Å². The van der Waals surface area contributed by atoms with Crippen LogP contribution in [0.3, 0.4) is 0 Å². The molecule has 0 radical (unpaired) electrons. The quantitative estimate of drug-likeness (QED) is 0.738. The van der Waals surface area contributed by atoms with Crippen LogP contribution in [0, 0.1) is 12.8 Å². The molecular formula is C22H26N2OS. The number of rotatable bonds is 4. The number of thiophene rings is 1. The SMILES string of the molecule is CCN(CC)C(=O)c1ccc2c(c1)C1C=CCC1C(c1ccc(C)s1)N2. The minimum absolute atomic E-state index is 0.132. The summed E-state index contributed by atoms with van der Waals surface area (Å²) < 4.78 is 0. The van der Waals surface area contributed by atoms with Gasteiger partial charge < -0.3 is 10.2 Å². The Bertz CT molecular complexity index is 850. The van der Waals surface area contributed by atoms with Crippen molar-refractivity contribution in [2.24, 2.45) is 5.92 Å². The summed E-state index contributed by atoms with van der Waals surface area (Å²) in [7, 11) is 0. The van der Waals surface area contributed by atoms with Crippen LogP contribution in [-0.4, -0.2) is 23.9 Å². The lowest BCUT2D eigenvalue weighted by Gasteiger charge is -2.37. The first-order valence-electron chi connectivity index (χ1n) is 9.55. The van der Waals surface area contributed by atoms with E-state index in [1.165, 1.54) is 21.0 Å². The first-order valence-corrected chi connectivity index (χ1v) is 10.4. The van der Waals surface area contributed by atoms with Crippen LogP contribution in [0.5, 0.6) is 0 Å². The van der Waals surface area contributed by atoms with Gasteiger partial charge in [0.1, 0.15) is 0 Å². The van der Waals surface area contributed by atoms with Crippen LogP contribution in [0.25, 0.3) is 0 Å². The number of amides is 1. The first kappa shape index (κ1) is 17.3. The number of allylic oxidation sites excluding steroid dienone is 2. The molecule has 0 spiro atoms. The maximum atomic E-state index is 12.8. The van der Waals surface area contributed by atoms with E-state index in [-0.39, 0.29) is 5.91 Å². The number of hydrogen-bond donors (Lipinski definition) is 1. The maximum Gasteiger partial charge on any atom is 0.253 e. The molecule has 2 aromatic rings. The van der Waals surface area contributed by atoms with Gasteiger partial charge in [0.2, 0.25) is 0 Å². The van der Waals surface area contributed by atoms with Gasteiger partial charge in [0.25, 0.3) is 5.91 Å². The molecule has 3 nitrogen and oxygen atoms in total. The summed E-state index contributed by atoms with van der Waals surface area (Å²) in [5.74, 6) is 1.05. The Labute approximate surface area is 159 Å². The van der Waals surface area contributed by atoms with Crippen molar-refractivity contribution in [1.82, 2.24) is 4.90 Å². The van der Waals surface area contributed by atoms with Gasteiger partial charge in [-0.2, -0.15) is 0 Å². The van der Waals surface area contributed by atoms with Gasteiger partial charge in [-0.1, -0.05) is 12.2 Å². The van der Waals surface area contributed by atoms with Crippen molar-refractivity contribution >= 4 is 22.9 Å². The van der Waals surface area contributed by atoms with Gasteiger partial charge >= 0.3 is 0 Å². The lowest BCUT2D eigenvalue weighted by atomic mass is 9.78. The Morgan fingerprint density at radius 1 is 1.23 bits per heavy atom. The van der Waals surface area contributed by atoms with Gasteiger partial charge in [0.15, 0.2) is 0 Å². The molecule has 26 heavy (non-hydrogen) atoms. The fourth-order valence-corrected chi connectivity index (χ4v) is 5.33. The summed E-state index contributed by atoms with van der Waals surface area (Å²) in [5.41, 5.74) is 3.25. The summed E-state index contributed by atoms with van der Waals surface area (Å²) in [5, 5.41) is 3.77. The van der Waals surface area contributed by atoms with E-state index >= 15 is 0 Å². The van der Waals surface area contributed by atoms with Crippen molar-refractivity contribution in [2.45, 2.75) is 39.2 Å². The molecular weight excluding hydrogens is 340 g/mol. The molecule has 0 saturated heterocycles. The molecule has 0 bridgehead atoms. The summed E-state index contributed by atoms with van der Waals surface area (Å²) in [4.78, 5) is 17.4. The van der Waals surface area contributed by atoms with Crippen LogP contribution in [0.2, 0.25) is 0 Å². The zero-order valence-electron chi connectivity index (χ0n) is 15.7. The fourth-order valence-electron chi connectivity index (χ4n) is 4.32. The number of carbonyl (C=O) groups is 1. The van der Waals surface area contributed by atoms with Crippen molar-refractivity contribution in [2.75, 3.05) is 18.4 Å². The van der Waals surface area contributed by atoms with Gasteiger partial charge in [-0.25, -0.2) is 0 Å². The lowest BCUT2D eigenvalue weighted by molar-refractivity contribution is 0.0773. The van der Waals surface area contributed by atoms with Crippen molar-refractivity contribution in [1.29, 1.82) is 0 Å². The van der Waals surface area contributed by atoms with Gasteiger partial charge in [-0.15, -0.1) is 11.3 Å². The Hall–Kier alpha value is -2.07. The van der Waals surface area contributed by atoms with Gasteiger partial charge in [-0.3, -0.25) is 4.79 Å². The monoisotopic (exact) mass is 366 g/mol. The highest BCUT2D eigenvalue weighted by molar-refractivity contribution is 7.12. The molecule has 0 fully saturated rings. The smallest absolute Gasteiger partial charge is 0.253 e. The fraction of sp³-hybridized carbons (Fsp3) is 0.409. The van der Waals surface area contributed by atoms with Crippen LogP contribution in [0.1, 0.15) is 57.9 Å². The summed E-state index contributed by atoms with van der Waals surface area (Å²) in [6.07, 6.45) is 5.73. The molecule has 1 aliphatic carbocycles. The van der Waals surface area contributed by atoms with Crippen LogP contribution < -0.4 is 5.32 Å². The first-order chi connectivity index (χ1) is 12.6. The Morgan fingerprint density at radius 3 is 2.73 bits per heavy atom. The van der Waals surface area contributed by atoms with Gasteiger partial charge in [-0.05, 0) is 69.0 Å². The van der Waals surface area contributed by atoms with Crippen LogP contribution >= 0.6 is 11.3 Å². The predicted octanol–water partition coefficient (Wildman–Crippen LogP) is 5.37. The average molecular weight is 367 g/mol. The molecule has 1 amide bonds. The zero-order valence-corrected chi connectivity index (χ0v) is 16.5. The molecule has 1 N–H and O–H groups in total. The Kier molecular flexibility index (Phi) is 4.62. The van der Waals surface area contributed by atoms with Gasteiger partial charge in [0.05, 0.1) is 6.04 Å². The number of aryl methyl sites for hydroxylation is 1. The largest absolute Gasteiger partial charge is 0.377 e. The molecule has 0 saturated carbocycles. The number of carbonyl (C=O) groups excluding carboxylic acids is 1. The van der Waals surface area contributed by atoms with Crippen LogP contribution in [-0.2, 0) is 0 Å². The molecule has 2 heterocycles. The third-order valence-electron chi connectivity index (χ3n) is 5.73. The van der Waals surface area contributed by atoms with Crippen molar-refractivity contribution in [3.05, 3.63) is 63.4 Å². The maximum absolute atomic E-state index is 12.8. The topological polar surface area (TPSA) is 32.3 Å².